The third-order valence-corrected chi connectivity index (χ3v) is 4.89. The van der Waals surface area contributed by atoms with Crippen molar-refractivity contribution in [2.24, 2.45) is 4.99 Å². The number of hydrogen-bond donors (Lipinski definition) is 2. The molecule has 0 spiro atoms. The Hall–Kier alpha value is -2.58. The van der Waals surface area contributed by atoms with E-state index in [1.807, 2.05) is 30.3 Å². The summed E-state index contributed by atoms with van der Waals surface area (Å²) in [7, 11) is 0. The van der Waals surface area contributed by atoms with Crippen LogP contribution < -0.4 is 10.1 Å². The van der Waals surface area contributed by atoms with E-state index in [-0.39, 0.29) is 18.9 Å². The average molecular weight is 447 g/mol. The van der Waals surface area contributed by atoms with Crippen molar-refractivity contribution in [1.29, 1.82) is 0 Å². The lowest BCUT2D eigenvalue weighted by atomic mass is 10.2. The summed E-state index contributed by atoms with van der Waals surface area (Å²) in [5.74, 6) is -0.573. The zero-order chi connectivity index (χ0) is 19.2. The van der Waals surface area contributed by atoms with Crippen molar-refractivity contribution in [3.05, 3.63) is 63.5 Å². The number of nitrogens with zero attached hydrogens (tertiary/aromatic N) is 1. The SMILES string of the molecule is O=C(O)CCOc1cccc(/C=C2/SC(=Nc3ccc(Br)cc3)NC2=O)c1. The maximum atomic E-state index is 12.2. The molecule has 1 heterocycles. The molecule has 2 N–H and O–H groups in total. The van der Waals surface area contributed by atoms with Gasteiger partial charge in [-0.15, -0.1) is 0 Å². The Balaban J connectivity index is 1.70. The number of nitrogens with one attached hydrogen (secondary N) is 1. The highest BCUT2D eigenvalue weighted by molar-refractivity contribution is 9.10. The number of carbonyl (C=O) groups is 2. The van der Waals surface area contributed by atoms with E-state index in [1.165, 1.54) is 11.8 Å². The molecule has 0 saturated carbocycles. The molecular weight excluding hydrogens is 432 g/mol. The first-order valence-electron chi connectivity index (χ1n) is 7.99. The molecule has 1 aliphatic rings. The van der Waals surface area contributed by atoms with Crippen molar-refractivity contribution in [3.63, 3.8) is 0 Å². The zero-order valence-corrected chi connectivity index (χ0v) is 16.4. The summed E-state index contributed by atoms with van der Waals surface area (Å²) >= 11 is 4.63. The van der Waals surface area contributed by atoms with Crippen LogP contribution in [-0.4, -0.2) is 28.8 Å². The molecule has 1 fully saturated rings. The second-order valence-electron chi connectivity index (χ2n) is 5.52. The minimum Gasteiger partial charge on any atom is -0.493 e. The summed E-state index contributed by atoms with van der Waals surface area (Å²) in [5.41, 5.74) is 1.53. The largest absolute Gasteiger partial charge is 0.493 e. The van der Waals surface area contributed by atoms with Crippen LogP contribution >= 0.6 is 27.7 Å². The fraction of sp³-hybridized carbons (Fsp3) is 0.105. The summed E-state index contributed by atoms with van der Waals surface area (Å²) in [4.78, 5) is 27.7. The maximum Gasteiger partial charge on any atom is 0.306 e. The molecule has 6 nitrogen and oxygen atoms in total. The van der Waals surface area contributed by atoms with Crippen molar-refractivity contribution in [3.8, 4) is 5.75 Å². The maximum absolute atomic E-state index is 12.2. The lowest BCUT2D eigenvalue weighted by Crippen LogP contribution is -2.19. The van der Waals surface area contributed by atoms with Crippen molar-refractivity contribution < 1.29 is 19.4 Å². The van der Waals surface area contributed by atoms with Crippen molar-refractivity contribution >= 4 is 56.5 Å². The molecular formula is C19H15BrN2O4S. The van der Waals surface area contributed by atoms with Gasteiger partial charge in [-0.2, -0.15) is 0 Å². The van der Waals surface area contributed by atoms with Crippen molar-refractivity contribution in [2.45, 2.75) is 6.42 Å². The number of aliphatic imine (C=N–C) groups is 1. The number of rotatable bonds is 6. The molecule has 8 heteroatoms. The molecule has 0 unspecified atom stereocenters. The van der Waals surface area contributed by atoms with Gasteiger partial charge in [-0.3, -0.25) is 9.59 Å². The second kappa shape index (κ2) is 8.88. The summed E-state index contributed by atoms with van der Waals surface area (Å²) in [5, 5.41) is 11.9. The van der Waals surface area contributed by atoms with Gasteiger partial charge in [0.25, 0.3) is 5.91 Å². The Morgan fingerprint density at radius 2 is 2.04 bits per heavy atom. The highest BCUT2D eigenvalue weighted by Crippen LogP contribution is 2.29. The van der Waals surface area contributed by atoms with E-state index in [2.05, 4.69) is 26.2 Å². The van der Waals surface area contributed by atoms with Crippen LogP contribution in [0.2, 0.25) is 0 Å². The monoisotopic (exact) mass is 446 g/mol. The lowest BCUT2D eigenvalue weighted by Gasteiger charge is -2.05. The fourth-order valence-electron chi connectivity index (χ4n) is 2.22. The molecule has 138 valence electrons. The highest BCUT2D eigenvalue weighted by Gasteiger charge is 2.23. The summed E-state index contributed by atoms with van der Waals surface area (Å²) < 4.78 is 6.37. The average Bonchev–Trinajstić information content (AvgIpc) is 2.96. The number of hydrogen-bond acceptors (Lipinski definition) is 5. The number of amidine groups is 1. The molecule has 0 aromatic heterocycles. The van der Waals surface area contributed by atoms with Gasteiger partial charge in [0.05, 0.1) is 23.6 Å². The molecule has 1 aliphatic heterocycles. The van der Waals surface area contributed by atoms with E-state index in [0.717, 1.165) is 15.7 Å². The van der Waals surface area contributed by atoms with Gasteiger partial charge in [-0.05, 0) is 59.8 Å². The van der Waals surface area contributed by atoms with Crippen LogP contribution in [0.4, 0.5) is 5.69 Å². The number of amides is 1. The van der Waals surface area contributed by atoms with Gasteiger partial charge in [0.2, 0.25) is 0 Å². The van der Waals surface area contributed by atoms with Gasteiger partial charge in [0.1, 0.15) is 5.75 Å². The number of thioether (sulfide) groups is 1. The molecule has 0 radical (unpaired) electrons. The standard InChI is InChI=1S/C19H15BrN2O4S/c20-13-4-6-14(7-5-13)21-19-22-18(25)16(27-19)11-12-2-1-3-15(10-12)26-9-8-17(23)24/h1-7,10-11H,8-9H2,(H,23,24)(H,21,22,25)/b16-11+. The Morgan fingerprint density at radius 3 is 2.78 bits per heavy atom. The third kappa shape index (κ3) is 5.70. The summed E-state index contributed by atoms with van der Waals surface area (Å²) in [6.45, 7) is 0.0919. The third-order valence-electron chi connectivity index (χ3n) is 3.45. The van der Waals surface area contributed by atoms with Crippen LogP contribution in [0.5, 0.6) is 5.75 Å². The van der Waals surface area contributed by atoms with Crippen LogP contribution in [0.25, 0.3) is 6.08 Å². The molecule has 0 aliphatic carbocycles. The first kappa shape index (κ1) is 19.2. The van der Waals surface area contributed by atoms with Crippen LogP contribution in [0.3, 0.4) is 0 Å². The van der Waals surface area contributed by atoms with Crippen LogP contribution in [0, 0.1) is 0 Å². The Labute approximate surface area is 168 Å². The number of benzene rings is 2. The van der Waals surface area contributed by atoms with E-state index in [1.54, 1.807) is 24.3 Å². The molecule has 0 atom stereocenters. The van der Waals surface area contributed by atoms with Crippen LogP contribution in [0.1, 0.15) is 12.0 Å². The fourth-order valence-corrected chi connectivity index (χ4v) is 3.32. The van der Waals surface area contributed by atoms with Gasteiger partial charge >= 0.3 is 5.97 Å². The first-order chi connectivity index (χ1) is 13.0. The number of ether oxygens (including phenoxy) is 1. The lowest BCUT2D eigenvalue weighted by molar-refractivity contribution is -0.137. The van der Waals surface area contributed by atoms with Crippen LogP contribution in [0.15, 0.2) is 62.9 Å². The number of halogens is 1. The zero-order valence-electron chi connectivity index (χ0n) is 14.0. The minimum atomic E-state index is -0.912. The van der Waals surface area contributed by atoms with Crippen molar-refractivity contribution in [2.75, 3.05) is 6.61 Å². The van der Waals surface area contributed by atoms with E-state index in [9.17, 15) is 9.59 Å². The van der Waals surface area contributed by atoms with Gasteiger partial charge in [0, 0.05) is 4.47 Å². The van der Waals surface area contributed by atoms with E-state index >= 15 is 0 Å². The molecule has 27 heavy (non-hydrogen) atoms. The second-order valence-corrected chi connectivity index (χ2v) is 7.47. The number of carboxylic acid groups (broad SMARTS) is 1. The normalized spacial score (nSPS) is 16.6. The predicted molar refractivity (Wildman–Crippen MR) is 109 cm³/mol. The number of aliphatic carboxylic acids is 1. The summed E-state index contributed by atoms with van der Waals surface area (Å²) in [6, 6.07) is 14.6. The van der Waals surface area contributed by atoms with Crippen molar-refractivity contribution in [1.82, 2.24) is 5.32 Å². The summed E-state index contributed by atoms with van der Waals surface area (Å²) in [6.07, 6.45) is 1.67. The molecule has 3 rings (SSSR count). The van der Waals surface area contributed by atoms with Gasteiger partial charge in [-0.25, -0.2) is 4.99 Å². The molecule has 1 saturated heterocycles. The van der Waals surface area contributed by atoms with Gasteiger partial charge in [-0.1, -0.05) is 28.1 Å². The molecule has 1 amide bonds. The van der Waals surface area contributed by atoms with Gasteiger partial charge < -0.3 is 15.2 Å². The molecule has 0 bridgehead atoms. The first-order valence-corrected chi connectivity index (χ1v) is 9.60. The smallest absolute Gasteiger partial charge is 0.306 e. The van der Waals surface area contributed by atoms with Crippen LogP contribution in [-0.2, 0) is 9.59 Å². The van der Waals surface area contributed by atoms with Gasteiger partial charge in [0.15, 0.2) is 5.17 Å². The minimum absolute atomic E-state index is 0.0700. The number of carboxylic acids is 1. The topological polar surface area (TPSA) is 88.0 Å². The van der Waals surface area contributed by atoms with E-state index < -0.39 is 5.97 Å². The number of carbonyl (C=O) groups excluding carboxylic acids is 1. The Kier molecular flexibility index (Phi) is 6.31. The Morgan fingerprint density at radius 1 is 1.26 bits per heavy atom. The van der Waals surface area contributed by atoms with E-state index in [4.69, 9.17) is 9.84 Å². The highest BCUT2D eigenvalue weighted by atomic mass is 79.9. The molecule has 2 aromatic carbocycles. The van der Waals surface area contributed by atoms with E-state index in [0.29, 0.717) is 15.8 Å². The quantitative estimate of drug-likeness (QED) is 0.649. The Bertz CT molecular complexity index is 926. The predicted octanol–water partition coefficient (Wildman–Crippen LogP) is 4.19. The molecule has 2 aromatic rings.